The second-order valence-corrected chi connectivity index (χ2v) is 5.83. The summed E-state index contributed by atoms with van der Waals surface area (Å²) in [5.74, 6) is 1.13. The number of ether oxygens (including phenoxy) is 1. The standard InChI is InChI=1S/C15H14Cl3NO/c1-9(19)7-11-12(17)3-2-4-14(11)20-15-8-10(16)5-6-13(15)18/h2-6,8-9H,7,19H2,1H3. The monoisotopic (exact) mass is 329 g/mol. The molecular weight excluding hydrogens is 317 g/mol. The summed E-state index contributed by atoms with van der Waals surface area (Å²) < 4.78 is 5.85. The van der Waals surface area contributed by atoms with Gasteiger partial charge in [-0.3, -0.25) is 0 Å². The van der Waals surface area contributed by atoms with Crippen LogP contribution in [0.2, 0.25) is 15.1 Å². The third kappa shape index (κ3) is 3.80. The third-order valence-corrected chi connectivity index (χ3v) is 3.62. The molecule has 0 spiro atoms. The van der Waals surface area contributed by atoms with E-state index in [-0.39, 0.29) is 6.04 Å². The molecule has 1 atom stereocenters. The molecule has 0 radical (unpaired) electrons. The fourth-order valence-corrected chi connectivity index (χ4v) is 2.39. The fourth-order valence-electron chi connectivity index (χ4n) is 1.83. The quantitative estimate of drug-likeness (QED) is 0.822. The van der Waals surface area contributed by atoms with Gasteiger partial charge in [-0.05, 0) is 37.6 Å². The Bertz CT molecular complexity index is 614. The first-order valence-corrected chi connectivity index (χ1v) is 7.26. The van der Waals surface area contributed by atoms with Crippen molar-refractivity contribution in [3.05, 3.63) is 57.0 Å². The summed E-state index contributed by atoms with van der Waals surface area (Å²) >= 11 is 18.3. The van der Waals surface area contributed by atoms with Crippen molar-refractivity contribution in [2.75, 3.05) is 0 Å². The van der Waals surface area contributed by atoms with E-state index >= 15 is 0 Å². The van der Waals surface area contributed by atoms with Crippen molar-refractivity contribution in [1.29, 1.82) is 0 Å². The molecule has 0 aliphatic rings. The van der Waals surface area contributed by atoms with Crippen LogP contribution < -0.4 is 10.5 Å². The van der Waals surface area contributed by atoms with Crippen molar-refractivity contribution < 1.29 is 4.74 Å². The minimum atomic E-state index is -0.0212. The van der Waals surface area contributed by atoms with Crippen LogP contribution in [0, 0.1) is 0 Å². The van der Waals surface area contributed by atoms with Gasteiger partial charge in [0.25, 0.3) is 0 Å². The van der Waals surface area contributed by atoms with Crippen LogP contribution in [0.3, 0.4) is 0 Å². The maximum atomic E-state index is 6.22. The van der Waals surface area contributed by atoms with E-state index in [0.717, 1.165) is 5.56 Å². The van der Waals surface area contributed by atoms with Crippen LogP contribution in [0.4, 0.5) is 0 Å². The first-order valence-electron chi connectivity index (χ1n) is 6.13. The van der Waals surface area contributed by atoms with Gasteiger partial charge in [-0.15, -0.1) is 0 Å². The van der Waals surface area contributed by atoms with E-state index in [1.165, 1.54) is 0 Å². The summed E-state index contributed by atoms with van der Waals surface area (Å²) in [6.45, 7) is 1.92. The number of rotatable bonds is 4. The average molecular weight is 331 g/mol. The number of benzene rings is 2. The third-order valence-electron chi connectivity index (χ3n) is 2.72. The van der Waals surface area contributed by atoms with E-state index in [9.17, 15) is 0 Å². The highest BCUT2D eigenvalue weighted by Crippen LogP contribution is 2.35. The van der Waals surface area contributed by atoms with Gasteiger partial charge < -0.3 is 10.5 Å². The van der Waals surface area contributed by atoms with Crippen LogP contribution >= 0.6 is 34.8 Å². The van der Waals surface area contributed by atoms with Gasteiger partial charge >= 0.3 is 0 Å². The Morgan fingerprint density at radius 3 is 2.50 bits per heavy atom. The molecule has 2 aromatic carbocycles. The lowest BCUT2D eigenvalue weighted by Gasteiger charge is -2.15. The SMILES string of the molecule is CC(N)Cc1c(Cl)cccc1Oc1cc(Cl)ccc1Cl. The van der Waals surface area contributed by atoms with Gasteiger partial charge in [0.1, 0.15) is 11.5 Å². The van der Waals surface area contributed by atoms with Crippen molar-refractivity contribution >= 4 is 34.8 Å². The topological polar surface area (TPSA) is 35.2 Å². The van der Waals surface area contributed by atoms with E-state index in [1.807, 2.05) is 25.1 Å². The van der Waals surface area contributed by atoms with Crippen LogP contribution in [0.15, 0.2) is 36.4 Å². The molecule has 0 saturated carbocycles. The molecule has 0 amide bonds. The van der Waals surface area contributed by atoms with Gasteiger partial charge in [0, 0.05) is 27.7 Å². The Morgan fingerprint density at radius 2 is 1.80 bits per heavy atom. The maximum Gasteiger partial charge on any atom is 0.147 e. The molecule has 0 aromatic heterocycles. The molecule has 2 aromatic rings. The summed E-state index contributed by atoms with van der Waals surface area (Å²) in [6, 6.07) is 10.5. The highest BCUT2D eigenvalue weighted by molar-refractivity contribution is 6.34. The molecule has 1 unspecified atom stereocenters. The molecule has 20 heavy (non-hydrogen) atoms. The number of halogens is 3. The lowest BCUT2D eigenvalue weighted by molar-refractivity contribution is 0.474. The minimum Gasteiger partial charge on any atom is -0.455 e. The van der Waals surface area contributed by atoms with E-state index < -0.39 is 0 Å². The summed E-state index contributed by atoms with van der Waals surface area (Å²) in [4.78, 5) is 0. The van der Waals surface area contributed by atoms with Gasteiger partial charge in [-0.25, -0.2) is 0 Å². The first kappa shape index (κ1) is 15.5. The first-order chi connectivity index (χ1) is 9.47. The summed E-state index contributed by atoms with van der Waals surface area (Å²) in [7, 11) is 0. The molecule has 2 N–H and O–H groups in total. The molecule has 0 aliphatic heterocycles. The van der Waals surface area contributed by atoms with E-state index in [2.05, 4.69) is 0 Å². The molecule has 106 valence electrons. The predicted octanol–water partition coefficient (Wildman–Crippen LogP) is 5.33. The summed E-state index contributed by atoms with van der Waals surface area (Å²) in [5.41, 5.74) is 6.71. The molecule has 0 saturated heterocycles. The highest BCUT2D eigenvalue weighted by atomic mass is 35.5. The predicted molar refractivity (Wildman–Crippen MR) is 85.3 cm³/mol. The minimum absolute atomic E-state index is 0.0212. The Labute approximate surface area is 133 Å². The van der Waals surface area contributed by atoms with Crippen LogP contribution in [-0.2, 0) is 6.42 Å². The van der Waals surface area contributed by atoms with Crippen LogP contribution in [0.1, 0.15) is 12.5 Å². The maximum absolute atomic E-state index is 6.22. The van der Waals surface area contributed by atoms with Gasteiger partial charge in [0.15, 0.2) is 0 Å². The van der Waals surface area contributed by atoms with Crippen molar-refractivity contribution in [1.82, 2.24) is 0 Å². The largest absolute Gasteiger partial charge is 0.455 e. The Hall–Kier alpha value is -0.930. The van der Waals surface area contributed by atoms with Gasteiger partial charge in [0.2, 0.25) is 0 Å². The van der Waals surface area contributed by atoms with Gasteiger partial charge in [-0.2, -0.15) is 0 Å². The lowest BCUT2D eigenvalue weighted by atomic mass is 10.1. The van der Waals surface area contributed by atoms with E-state index in [0.29, 0.717) is 33.0 Å². The van der Waals surface area contributed by atoms with Gasteiger partial charge in [-0.1, -0.05) is 40.9 Å². The molecule has 5 heteroatoms. The van der Waals surface area contributed by atoms with Crippen molar-refractivity contribution in [2.24, 2.45) is 5.73 Å². The molecule has 0 aliphatic carbocycles. The molecule has 0 heterocycles. The zero-order valence-electron chi connectivity index (χ0n) is 10.9. The average Bonchev–Trinajstić information content (AvgIpc) is 2.37. The second-order valence-electron chi connectivity index (χ2n) is 4.57. The molecule has 0 fully saturated rings. The zero-order valence-corrected chi connectivity index (χ0v) is 13.1. The highest BCUT2D eigenvalue weighted by Gasteiger charge is 2.12. The Balaban J connectivity index is 2.38. The Morgan fingerprint density at radius 1 is 1.05 bits per heavy atom. The molecular formula is C15H14Cl3NO. The summed E-state index contributed by atoms with van der Waals surface area (Å²) in [6.07, 6.45) is 0.618. The number of hydrogen-bond donors (Lipinski definition) is 1. The zero-order chi connectivity index (χ0) is 14.7. The Kier molecular flexibility index (Phi) is 5.17. The van der Waals surface area contributed by atoms with Crippen LogP contribution in [-0.4, -0.2) is 6.04 Å². The van der Waals surface area contributed by atoms with E-state index in [4.69, 9.17) is 45.3 Å². The van der Waals surface area contributed by atoms with Crippen LogP contribution in [0.25, 0.3) is 0 Å². The van der Waals surface area contributed by atoms with E-state index in [1.54, 1.807) is 18.2 Å². The normalized spacial score (nSPS) is 12.2. The van der Waals surface area contributed by atoms with Crippen molar-refractivity contribution in [3.63, 3.8) is 0 Å². The summed E-state index contributed by atoms with van der Waals surface area (Å²) in [5, 5.41) is 1.67. The van der Waals surface area contributed by atoms with Crippen molar-refractivity contribution in [2.45, 2.75) is 19.4 Å². The number of nitrogens with two attached hydrogens (primary N) is 1. The smallest absolute Gasteiger partial charge is 0.147 e. The van der Waals surface area contributed by atoms with Gasteiger partial charge in [0.05, 0.1) is 5.02 Å². The molecule has 0 bridgehead atoms. The second kappa shape index (κ2) is 6.68. The van der Waals surface area contributed by atoms with Crippen LogP contribution in [0.5, 0.6) is 11.5 Å². The van der Waals surface area contributed by atoms with Crippen molar-refractivity contribution in [3.8, 4) is 11.5 Å². The lowest BCUT2D eigenvalue weighted by Crippen LogP contribution is -2.18. The fraction of sp³-hybridized carbons (Fsp3) is 0.200. The number of hydrogen-bond acceptors (Lipinski definition) is 2. The molecule has 2 nitrogen and oxygen atoms in total. The molecule has 2 rings (SSSR count).